The van der Waals surface area contributed by atoms with Crippen molar-refractivity contribution < 1.29 is 13.2 Å². The standard InChI is InChI=1S/C9H12F3N3S/c1-6-4-7(13)8(15-5-6)14-2-3-16-9(10,11)12/h4-5H,2-3,13H2,1H3,(H,14,15). The number of anilines is 2. The van der Waals surface area contributed by atoms with E-state index in [1.54, 1.807) is 12.3 Å². The Balaban J connectivity index is 2.38. The number of halogens is 3. The average Bonchev–Trinajstić information content (AvgIpc) is 2.13. The van der Waals surface area contributed by atoms with Crippen LogP contribution in [0.3, 0.4) is 0 Å². The van der Waals surface area contributed by atoms with Crippen LogP contribution in [0.2, 0.25) is 0 Å². The molecule has 0 atom stereocenters. The number of nitrogen functional groups attached to an aromatic ring is 1. The van der Waals surface area contributed by atoms with Crippen LogP contribution in [0.15, 0.2) is 12.3 Å². The first-order valence-electron chi connectivity index (χ1n) is 4.55. The monoisotopic (exact) mass is 251 g/mol. The Bertz CT molecular complexity index is 354. The van der Waals surface area contributed by atoms with Gasteiger partial charge in [0.1, 0.15) is 5.82 Å². The van der Waals surface area contributed by atoms with Gasteiger partial charge >= 0.3 is 5.51 Å². The number of rotatable bonds is 4. The molecule has 3 nitrogen and oxygen atoms in total. The Morgan fingerprint density at radius 1 is 1.50 bits per heavy atom. The largest absolute Gasteiger partial charge is 0.441 e. The second kappa shape index (κ2) is 5.29. The Hall–Kier alpha value is -1.11. The van der Waals surface area contributed by atoms with E-state index in [2.05, 4.69) is 10.3 Å². The van der Waals surface area contributed by atoms with Gasteiger partial charge < -0.3 is 11.1 Å². The number of nitrogens with one attached hydrogen (secondary N) is 1. The maximum atomic E-state index is 11.8. The van der Waals surface area contributed by atoms with Crippen molar-refractivity contribution in [2.75, 3.05) is 23.3 Å². The highest BCUT2D eigenvalue weighted by Gasteiger charge is 2.27. The van der Waals surface area contributed by atoms with Gasteiger partial charge in [-0.2, -0.15) is 13.2 Å². The summed E-state index contributed by atoms with van der Waals surface area (Å²) in [5, 5.41) is 2.76. The van der Waals surface area contributed by atoms with Crippen LogP contribution >= 0.6 is 11.8 Å². The smallest absolute Gasteiger partial charge is 0.396 e. The molecular formula is C9H12F3N3S. The van der Waals surface area contributed by atoms with Crippen molar-refractivity contribution in [1.29, 1.82) is 0 Å². The number of thioether (sulfide) groups is 1. The molecule has 1 heterocycles. The summed E-state index contributed by atoms with van der Waals surface area (Å²) < 4.78 is 35.4. The minimum atomic E-state index is -4.19. The number of hydrogen-bond donors (Lipinski definition) is 2. The van der Waals surface area contributed by atoms with Crippen LogP contribution in [-0.4, -0.2) is 22.8 Å². The first-order valence-corrected chi connectivity index (χ1v) is 5.54. The molecule has 1 rings (SSSR count). The molecule has 16 heavy (non-hydrogen) atoms. The van der Waals surface area contributed by atoms with Gasteiger partial charge in [0.25, 0.3) is 0 Å². The second-order valence-corrected chi connectivity index (χ2v) is 4.33. The third-order valence-electron chi connectivity index (χ3n) is 1.71. The van der Waals surface area contributed by atoms with E-state index in [0.29, 0.717) is 11.5 Å². The zero-order chi connectivity index (χ0) is 12.2. The number of alkyl halides is 3. The average molecular weight is 251 g/mol. The Morgan fingerprint density at radius 3 is 2.75 bits per heavy atom. The summed E-state index contributed by atoms with van der Waals surface area (Å²) in [6.07, 6.45) is 1.61. The van der Waals surface area contributed by atoms with Crippen LogP contribution in [-0.2, 0) is 0 Å². The molecule has 7 heteroatoms. The highest BCUT2D eigenvalue weighted by molar-refractivity contribution is 8.00. The number of nitrogens with zero attached hydrogens (tertiary/aromatic N) is 1. The van der Waals surface area contributed by atoms with Gasteiger partial charge in [-0.15, -0.1) is 0 Å². The molecule has 1 aromatic heterocycles. The summed E-state index contributed by atoms with van der Waals surface area (Å²) in [5.41, 5.74) is 2.80. The molecule has 0 radical (unpaired) electrons. The van der Waals surface area contributed by atoms with Gasteiger partial charge in [-0.05, 0) is 30.3 Å². The molecule has 0 aliphatic carbocycles. The van der Waals surface area contributed by atoms with Crippen LogP contribution in [0, 0.1) is 6.92 Å². The van der Waals surface area contributed by atoms with Crippen LogP contribution in [0.1, 0.15) is 5.56 Å². The minimum absolute atomic E-state index is 0.0693. The first-order chi connectivity index (χ1) is 7.38. The number of aryl methyl sites for hydroxylation is 1. The second-order valence-electron chi connectivity index (χ2n) is 3.17. The molecule has 0 amide bonds. The molecule has 0 unspecified atom stereocenters. The third-order valence-corrected chi connectivity index (χ3v) is 2.45. The van der Waals surface area contributed by atoms with E-state index in [1.807, 2.05) is 6.92 Å². The summed E-state index contributed by atoms with van der Waals surface area (Å²) in [6, 6.07) is 1.71. The topological polar surface area (TPSA) is 50.9 Å². The third kappa shape index (κ3) is 4.61. The van der Waals surface area contributed by atoms with Gasteiger partial charge in [0.15, 0.2) is 0 Å². The predicted molar refractivity (Wildman–Crippen MR) is 60.4 cm³/mol. The van der Waals surface area contributed by atoms with E-state index in [0.717, 1.165) is 5.56 Å². The highest BCUT2D eigenvalue weighted by Crippen LogP contribution is 2.29. The van der Waals surface area contributed by atoms with Crippen LogP contribution in [0.4, 0.5) is 24.7 Å². The lowest BCUT2D eigenvalue weighted by atomic mass is 10.3. The molecule has 1 aromatic rings. The maximum absolute atomic E-state index is 11.8. The quantitative estimate of drug-likeness (QED) is 0.808. The summed E-state index contributed by atoms with van der Waals surface area (Å²) in [6.45, 7) is 2.01. The fourth-order valence-corrected chi connectivity index (χ4v) is 1.51. The molecule has 0 aliphatic heterocycles. The number of hydrogen-bond acceptors (Lipinski definition) is 4. The Labute approximate surface area is 95.6 Å². The van der Waals surface area contributed by atoms with Gasteiger partial charge in [-0.1, -0.05) is 0 Å². The SMILES string of the molecule is Cc1cnc(NCCSC(F)(F)F)c(N)c1. The summed E-state index contributed by atoms with van der Waals surface area (Å²) in [5.74, 6) is 0.353. The highest BCUT2D eigenvalue weighted by atomic mass is 32.2. The van der Waals surface area contributed by atoms with Crippen LogP contribution in [0.25, 0.3) is 0 Å². The molecule has 3 N–H and O–H groups in total. The molecule has 0 saturated carbocycles. The summed E-state index contributed by atoms with van der Waals surface area (Å²) in [4.78, 5) is 3.99. The molecular weight excluding hydrogens is 239 g/mol. The van der Waals surface area contributed by atoms with E-state index in [1.165, 1.54) is 0 Å². The van der Waals surface area contributed by atoms with Gasteiger partial charge in [0.05, 0.1) is 5.69 Å². The van der Waals surface area contributed by atoms with E-state index in [9.17, 15) is 13.2 Å². The van der Waals surface area contributed by atoms with Crippen molar-refractivity contribution in [1.82, 2.24) is 4.98 Å². The minimum Gasteiger partial charge on any atom is -0.396 e. The molecule has 0 fully saturated rings. The fraction of sp³-hybridized carbons (Fsp3) is 0.444. The van der Waals surface area contributed by atoms with Crippen molar-refractivity contribution >= 4 is 23.3 Å². The summed E-state index contributed by atoms with van der Waals surface area (Å²) in [7, 11) is 0. The van der Waals surface area contributed by atoms with Crippen molar-refractivity contribution in [3.8, 4) is 0 Å². The molecule has 0 bridgehead atoms. The van der Waals surface area contributed by atoms with E-state index in [4.69, 9.17) is 5.73 Å². The molecule has 0 aromatic carbocycles. The van der Waals surface area contributed by atoms with Crippen molar-refractivity contribution in [3.63, 3.8) is 0 Å². The van der Waals surface area contributed by atoms with Crippen molar-refractivity contribution in [2.24, 2.45) is 0 Å². The molecule has 90 valence electrons. The lowest BCUT2D eigenvalue weighted by Crippen LogP contribution is -2.11. The van der Waals surface area contributed by atoms with E-state index in [-0.39, 0.29) is 24.1 Å². The maximum Gasteiger partial charge on any atom is 0.441 e. The lowest BCUT2D eigenvalue weighted by Gasteiger charge is -2.09. The molecule has 0 aliphatic rings. The van der Waals surface area contributed by atoms with Gasteiger partial charge in [0.2, 0.25) is 0 Å². The van der Waals surface area contributed by atoms with Gasteiger partial charge in [-0.25, -0.2) is 4.98 Å². The molecule has 0 spiro atoms. The predicted octanol–water partition coefficient (Wildman–Crippen LogP) is 2.64. The van der Waals surface area contributed by atoms with E-state index < -0.39 is 5.51 Å². The fourth-order valence-electron chi connectivity index (χ4n) is 1.08. The number of aromatic nitrogens is 1. The van der Waals surface area contributed by atoms with Crippen LogP contribution < -0.4 is 11.1 Å². The zero-order valence-electron chi connectivity index (χ0n) is 8.64. The first kappa shape index (κ1) is 13.0. The van der Waals surface area contributed by atoms with E-state index >= 15 is 0 Å². The lowest BCUT2D eigenvalue weighted by molar-refractivity contribution is -0.0327. The summed E-state index contributed by atoms with van der Waals surface area (Å²) >= 11 is -0.0693. The van der Waals surface area contributed by atoms with Crippen molar-refractivity contribution in [3.05, 3.63) is 17.8 Å². The van der Waals surface area contributed by atoms with Crippen molar-refractivity contribution in [2.45, 2.75) is 12.4 Å². The van der Waals surface area contributed by atoms with Gasteiger partial charge in [0, 0.05) is 18.5 Å². The molecule has 0 saturated heterocycles. The van der Waals surface area contributed by atoms with Gasteiger partial charge in [-0.3, -0.25) is 0 Å². The zero-order valence-corrected chi connectivity index (χ0v) is 9.45. The number of pyridine rings is 1. The van der Waals surface area contributed by atoms with Crippen LogP contribution in [0.5, 0.6) is 0 Å². The number of nitrogens with two attached hydrogens (primary N) is 1. The Morgan fingerprint density at radius 2 is 2.19 bits per heavy atom. The normalized spacial score (nSPS) is 11.5. The Kier molecular flexibility index (Phi) is 4.28.